The Bertz CT molecular complexity index is 568. The summed E-state index contributed by atoms with van der Waals surface area (Å²) >= 11 is 0. The average molecular weight is 325 g/mol. The lowest BCUT2D eigenvalue weighted by molar-refractivity contribution is -0.616. The third-order valence-electron chi connectivity index (χ3n) is 4.46. The lowest BCUT2D eigenvalue weighted by atomic mass is 9.82. The van der Waals surface area contributed by atoms with E-state index in [0.29, 0.717) is 0 Å². The number of rotatable bonds is 3. The standard InChI is InChI=1S/C15H19NO7/c1-15(16(18)19)11(17)14(20-2)22-10-8-21-13(23-12(10)15)9-6-4-3-5-7-9/h3-7,10-14,17H,8H2,1-2H3/t10-,11+,12-,13?,14-,15+/m0/s1. The lowest BCUT2D eigenvalue weighted by Gasteiger charge is -2.48. The van der Waals surface area contributed by atoms with E-state index in [1.807, 2.05) is 30.3 Å². The van der Waals surface area contributed by atoms with Crippen LogP contribution < -0.4 is 0 Å². The first kappa shape index (κ1) is 16.3. The molecule has 0 amide bonds. The van der Waals surface area contributed by atoms with E-state index in [9.17, 15) is 15.2 Å². The molecule has 1 aromatic carbocycles. The van der Waals surface area contributed by atoms with Gasteiger partial charge in [0.15, 0.2) is 24.8 Å². The van der Waals surface area contributed by atoms with Crippen LogP contribution in [0.15, 0.2) is 30.3 Å². The second kappa shape index (κ2) is 6.14. The molecule has 1 unspecified atom stereocenters. The number of hydrogen-bond donors (Lipinski definition) is 1. The van der Waals surface area contributed by atoms with Gasteiger partial charge in [-0.15, -0.1) is 0 Å². The Morgan fingerprint density at radius 3 is 2.65 bits per heavy atom. The highest BCUT2D eigenvalue weighted by Gasteiger charge is 2.65. The van der Waals surface area contributed by atoms with E-state index in [4.69, 9.17) is 18.9 Å². The van der Waals surface area contributed by atoms with Crippen LogP contribution in [-0.4, -0.2) is 53.9 Å². The summed E-state index contributed by atoms with van der Waals surface area (Å²) in [5.74, 6) is 0. The van der Waals surface area contributed by atoms with Gasteiger partial charge in [0.05, 0.1) is 6.61 Å². The van der Waals surface area contributed by atoms with Gasteiger partial charge in [-0.05, 0) is 0 Å². The Kier molecular flexibility index (Phi) is 4.35. The van der Waals surface area contributed by atoms with Crippen molar-refractivity contribution in [2.24, 2.45) is 0 Å². The maximum absolute atomic E-state index is 11.7. The molecule has 0 aromatic heterocycles. The van der Waals surface area contributed by atoms with Crippen molar-refractivity contribution < 1.29 is 29.0 Å². The summed E-state index contributed by atoms with van der Waals surface area (Å²) in [6.07, 6.45) is -4.96. The molecule has 0 aliphatic carbocycles. The van der Waals surface area contributed by atoms with E-state index in [-0.39, 0.29) is 6.61 Å². The molecular formula is C15H19NO7. The summed E-state index contributed by atoms with van der Waals surface area (Å²) < 4.78 is 22.0. The Morgan fingerprint density at radius 2 is 2.04 bits per heavy atom. The highest BCUT2D eigenvalue weighted by atomic mass is 16.8. The molecule has 0 spiro atoms. The van der Waals surface area contributed by atoms with Crippen LogP contribution in [-0.2, 0) is 18.9 Å². The van der Waals surface area contributed by atoms with E-state index in [1.54, 1.807) is 0 Å². The number of nitro groups is 1. The average Bonchev–Trinajstić information content (AvgIpc) is 2.58. The number of nitrogens with zero attached hydrogens (tertiary/aromatic N) is 1. The summed E-state index contributed by atoms with van der Waals surface area (Å²) in [7, 11) is 1.33. The molecule has 23 heavy (non-hydrogen) atoms. The number of methoxy groups -OCH3 is 1. The van der Waals surface area contributed by atoms with E-state index < -0.39 is 41.4 Å². The normalized spacial score (nSPS) is 40.4. The van der Waals surface area contributed by atoms with Crippen molar-refractivity contribution in [1.82, 2.24) is 0 Å². The molecule has 6 atom stereocenters. The Morgan fingerprint density at radius 1 is 1.35 bits per heavy atom. The summed E-state index contributed by atoms with van der Waals surface area (Å²) in [5.41, 5.74) is -1.01. The molecule has 0 radical (unpaired) electrons. The zero-order chi connectivity index (χ0) is 16.6. The highest BCUT2D eigenvalue weighted by molar-refractivity contribution is 5.17. The van der Waals surface area contributed by atoms with Gasteiger partial charge in [0.2, 0.25) is 0 Å². The monoisotopic (exact) mass is 325 g/mol. The third kappa shape index (κ3) is 2.62. The van der Waals surface area contributed by atoms with Crippen molar-refractivity contribution in [3.05, 3.63) is 46.0 Å². The zero-order valence-electron chi connectivity index (χ0n) is 12.8. The van der Waals surface area contributed by atoms with Crippen molar-refractivity contribution in [2.75, 3.05) is 13.7 Å². The van der Waals surface area contributed by atoms with Gasteiger partial charge in [-0.25, -0.2) is 0 Å². The largest absolute Gasteiger partial charge is 0.381 e. The van der Waals surface area contributed by atoms with Crippen LogP contribution >= 0.6 is 0 Å². The number of ether oxygens (including phenoxy) is 4. The van der Waals surface area contributed by atoms with Crippen molar-refractivity contribution in [3.63, 3.8) is 0 Å². The fourth-order valence-corrected chi connectivity index (χ4v) is 3.03. The quantitative estimate of drug-likeness (QED) is 0.650. The van der Waals surface area contributed by atoms with E-state index in [1.165, 1.54) is 14.0 Å². The van der Waals surface area contributed by atoms with Gasteiger partial charge in [0.25, 0.3) is 5.54 Å². The molecule has 2 aliphatic heterocycles. The molecule has 3 rings (SSSR count). The fourth-order valence-electron chi connectivity index (χ4n) is 3.03. The predicted molar refractivity (Wildman–Crippen MR) is 77.1 cm³/mol. The van der Waals surface area contributed by atoms with Gasteiger partial charge in [-0.2, -0.15) is 0 Å². The third-order valence-corrected chi connectivity index (χ3v) is 4.46. The zero-order valence-corrected chi connectivity index (χ0v) is 12.8. The molecule has 8 heteroatoms. The van der Waals surface area contributed by atoms with Crippen LogP contribution in [0.2, 0.25) is 0 Å². The molecule has 0 saturated carbocycles. The smallest absolute Gasteiger partial charge is 0.278 e. The highest BCUT2D eigenvalue weighted by Crippen LogP contribution is 2.40. The fraction of sp³-hybridized carbons (Fsp3) is 0.600. The number of hydrogen-bond acceptors (Lipinski definition) is 7. The van der Waals surface area contributed by atoms with Gasteiger partial charge in [-0.3, -0.25) is 10.1 Å². The summed E-state index contributed by atoms with van der Waals surface area (Å²) in [5, 5.41) is 22.0. The molecule has 2 saturated heterocycles. The van der Waals surface area contributed by atoms with Crippen LogP contribution in [0, 0.1) is 10.1 Å². The summed E-state index contributed by atoms with van der Waals surface area (Å²) in [6, 6.07) is 9.13. The van der Waals surface area contributed by atoms with Crippen LogP contribution in [0.25, 0.3) is 0 Å². The first-order valence-electron chi connectivity index (χ1n) is 7.31. The Labute approximate surface area is 133 Å². The second-order valence-electron chi connectivity index (χ2n) is 5.84. The van der Waals surface area contributed by atoms with Crippen molar-refractivity contribution in [3.8, 4) is 0 Å². The van der Waals surface area contributed by atoms with Gasteiger partial charge in [-0.1, -0.05) is 30.3 Å². The topological polar surface area (TPSA) is 100 Å². The predicted octanol–water partition coefficient (Wildman–Crippen LogP) is 0.868. The van der Waals surface area contributed by atoms with Crippen LogP contribution in [0.5, 0.6) is 0 Å². The van der Waals surface area contributed by atoms with Crippen molar-refractivity contribution in [1.29, 1.82) is 0 Å². The van der Waals surface area contributed by atoms with E-state index >= 15 is 0 Å². The number of aliphatic hydroxyl groups is 1. The van der Waals surface area contributed by atoms with E-state index in [2.05, 4.69) is 0 Å². The first-order valence-corrected chi connectivity index (χ1v) is 7.31. The van der Waals surface area contributed by atoms with Gasteiger partial charge in [0.1, 0.15) is 6.10 Å². The minimum atomic E-state index is -1.76. The van der Waals surface area contributed by atoms with Gasteiger partial charge < -0.3 is 24.1 Å². The van der Waals surface area contributed by atoms with Crippen LogP contribution in [0.3, 0.4) is 0 Å². The first-order chi connectivity index (χ1) is 11.0. The van der Waals surface area contributed by atoms with Crippen LogP contribution in [0.1, 0.15) is 18.8 Å². The van der Waals surface area contributed by atoms with Crippen molar-refractivity contribution >= 4 is 0 Å². The Balaban J connectivity index is 1.90. The number of aliphatic hydroxyl groups excluding tert-OH is 1. The van der Waals surface area contributed by atoms with Crippen molar-refractivity contribution in [2.45, 2.75) is 43.4 Å². The molecule has 1 N–H and O–H groups in total. The molecule has 8 nitrogen and oxygen atoms in total. The molecule has 2 aliphatic rings. The molecule has 0 bridgehead atoms. The Hall–Kier alpha value is -1.58. The van der Waals surface area contributed by atoms with Crippen LogP contribution in [0.4, 0.5) is 0 Å². The summed E-state index contributed by atoms with van der Waals surface area (Å²) in [4.78, 5) is 11.1. The molecule has 126 valence electrons. The number of benzene rings is 1. The number of fused-ring (bicyclic) bond motifs is 1. The molecular weight excluding hydrogens is 306 g/mol. The maximum atomic E-state index is 11.7. The second-order valence-corrected chi connectivity index (χ2v) is 5.84. The maximum Gasteiger partial charge on any atom is 0.278 e. The summed E-state index contributed by atoms with van der Waals surface area (Å²) in [6.45, 7) is 1.46. The van der Waals surface area contributed by atoms with Gasteiger partial charge >= 0.3 is 0 Å². The lowest BCUT2D eigenvalue weighted by Crippen LogP contribution is -2.71. The van der Waals surface area contributed by atoms with Gasteiger partial charge in [0, 0.05) is 24.5 Å². The molecule has 1 aromatic rings. The minimum Gasteiger partial charge on any atom is -0.381 e. The SMILES string of the molecule is CO[C@H]1O[C@H]2COC(c3ccccc3)O[C@@H]2[C@](C)([N+](=O)[O-])[C@@H]1O. The molecule has 2 fully saturated rings. The van der Waals surface area contributed by atoms with E-state index in [0.717, 1.165) is 5.56 Å². The minimum absolute atomic E-state index is 0.111. The molecule has 2 heterocycles.